The highest BCUT2D eigenvalue weighted by Crippen LogP contribution is 2.34. The van der Waals surface area contributed by atoms with Crippen molar-refractivity contribution in [1.29, 1.82) is 0 Å². The summed E-state index contributed by atoms with van der Waals surface area (Å²) in [7, 11) is 0. The van der Waals surface area contributed by atoms with Crippen LogP contribution in [0.5, 0.6) is 0 Å². The van der Waals surface area contributed by atoms with E-state index in [1.54, 1.807) is 24.3 Å². The lowest BCUT2D eigenvalue weighted by Gasteiger charge is -2.26. The molecule has 3 aromatic carbocycles. The fourth-order valence-corrected chi connectivity index (χ4v) is 3.45. The largest absolute Gasteiger partial charge is 0.370 e. The van der Waals surface area contributed by atoms with Gasteiger partial charge < -0.3 is 5.73 Å². The van der Waals surface area contributed by atoms with Crippen molar-refractivity contribution in [3.8, 4) is 0 Å². The van der Waals surface area contributed by atoms with E-state index in [0.717, 1.165) is 15.7 Å². The van der Waals surface area contributed by atoms with Gasteiger partial charge in [-0.1, -0.05) is 48.5 Å². The third-order valence-corrected chi connectivity index (χ3v) is 4.69. The van der Waals surface area contributed by atoms with Gasteiger partial charge in [-0.15, -0.1) is 0 Å². The molecule has 1 heterocycles. The van der Waals surface area contributed by atoms with Gasteiger partial charge in [-0.05, 0) is 34.5 Å². The van der Waals surface area contributed by atoms with Crippen LogP contribution in [0.15, 0.2) is 66.7 Å². The predicted molar refractivity (Wildman–Crippen MR) is 97.4 cm³/mol. The fraction of sp³-hybridized carbons (Fsp3) is 0.0952. The van der Waals surface area contributed by atoms with Crippen LogP contribution < -0.4 is 5.73 Å². The number of primary amides is 1. The number of carbonyl (C=O) groups is 3. The third-order valence-electron chi connectivity index (χ3n) is 4.69. The van der Waals surface area contributed by atoms with Crippen LogP contribution in [0.1, 0.15) is 38.7 Å². The van der Waals surface area contributed by atoms with Gasteiger partial charge in [-0.25, -0.2) is 0 Å². The first-order valence-electron chi connectivity index (χ1n) is 8.30. The first-order chi connectivity index (χ1) is 12.6. The number of nitrogens with zero attached hydrogens (tertiary/aromatic N) is 1. The van der Waals surface area contributed by atoms with E-state index in [-0.39, 0.29) is 6.42 Å². The number of benzene rings is 3. The van der Waals surface area contributed by atoms with Crippen LogP contribution in [0, 0.1) is 0 Å². The van der Waals surface area contributed by atoms with Crippen LogP contribution in [-0.2, 0) is 4.79 Å². The number of fused-ring (bicyclic) bond motifs is 2. The van der Waals surface area contributed by atoms with Crippen LogP contribution in [0.3, 0.4) is 0 Å². The number of nitrogens with two attached hydrogens (primary N) is 1. The second kappa shape index (κ2) is 6.11. The van der Waals surface area contributed by atoms with Crippen molar-refractivity contribution >= 4 is 28.5 Å². The van der Waals surface area contributed by atoms with Gasteiger partial charge in [0, 0.05) is 0 Å². The van der Waals surface area contributed by atoms with Crippen molar-refractivity contribution in [2.75, 3.05) is 0 Å². The van der Waals surface area contributed by atoms with Crippen LogP contribution in [0.4, 0.5) is 0 Å². The second-order valence-electron chi connectivity index (χ2n) is 6.32. The molecule has 0 bridgehead atoms. The molecule has 5 heteroatoms. The van der Waals surface area contributed by atoms with Crippen molar-refractivity contribution < 1.29 is 14.4 Å². The Labute approximate surface area is 150 Å². The summed E-state index contributed by atoms with van der Waals surface area (Å²) < 4.78 is 0. The number of imide groups is 1. The van der Waals surface area contributed by atoms with Crippen LogP contribution in [0.2, 0.25) is 0 Å². The lowest BCUT2D eigenvalue weighted by atomic mass is 9.98. The molecule has 1 atom stereocenters. The Morgan fingerprint density at radius 3 is 2.04 bits per heavy atom. The molecule has 0 radical (unpaired) electrons. The molecule has 5 nitrogen and oxygen atoms in total. The first kappa shape index (κ1) is 16.0. The molecule has 0 spiro atoms. The fourth-order valence-electron chi connectivity index (χ4n) is 3.45. The van der Waals surface area contributed by atoms with Crippen molar-refractivity contribution in [3.63, 3.8) is 0 Å². The Morgan fingerprint density at radius 1 is 0.846 bits per heavy atom. The van der Waals surface area contributed by atoms with Gasteiger partial charge in [0.25, 0.3) is 11.8 Å². The molecule has 4 rings (SSSR count). The highest BCUT2D eigenvalue weighted by molar-refractivity contribution is 6.21. The maximum absolute atomic E-state index is 12.8. The zero-order chi connectivity index (χ0) is 18.3. The van der Waals surface area contributed by atoms with Crippen LogP contribution in [-0.4, -0.2) is 22.6 Å². The zero-order valence-electron chi connectivity index (χ0n) is 13.9. The standard InChI is InChI=1S/C21H16N2O3/c22-19(24)12-18(15-10-9-13-5-1-2-6-14(13)11-15)23-20(25)16-7-3-4-8-17(16)21(23)26/h1-11,18H,12H2,(H2,22,24). The van der Waals surface area contributed by atoms with E-state index in [1.807, 2.05) is 42.5 Å². The highest BCUT2D eigenvalue weighted by atomic mass is 16.2. The molecule has 0 fully saturated rings. The van der Waals surface area contributed by atoms with E-state index in [9.17, 15) is 14.4 Å². The lowest BCUT2D eigenvalue weighted by Crippen LogP contribution is -2.36. The molecule has 3 aromatic rings. The summed E-state index contributed by atoms with van der Waals surface area (Å²) in [5.74, 6) is -1.37. The summed E-state index contributed by atoms with van der Waals surface area (Å²) in [6.07, 6.45) is -0.121. The molecule has 1 aliphatic rings. The lowest BCUT2D eigenvalue weighted by molar-refractivity contribution is -0.118. The Bertz CT molecular complexity index is 1020. The van der Waals surface area contributed by atoms with Crippen LogP contribution in [0.25, 0.3) is 10.8 Å². The number of hydrogen-bond donors (Lipinski definition) is 1. The molecule has 0 saturated heterocycles. The van der Waals surface area contributed by atoms with Gasteiger partial charge in [0.15, 0.2) is 0 Å². The van der Waals surface area contributed by atoms with E-state index in [1.165, 1.54) is 0 Å². The minimum Gasteiger partial charge on any atom is -0.370 e. The normalized spacial score (nSPS) is 14.5. The molecular weight excluding hydrogens is 328 g/mol. The number of carbonyl (C=O) groups excluding carboxylic acids is 3. The Kier molecular flexibility index (Phi) is 3.77. The monoisotopic (exact) mass is 344 g/mol. The second-order valence-corrected chi connectivity index (χ2v) is 6.32. The summed E-state index contributed by atoms with van der Waals surface area (Å²) in [5.41, 5.74) is 6.83. The summed E-state index contributed by atoms with van der Waals surface area (Å²) >= 11 is 0. The maximum atomic E-state index is 12.8. The van der Waals surface area contributed by atoms with Gasteiger partial charge in [-0.2, -0.15) is 0 Å². The summed E-state index contributed by atoms with van der Waals surface area (Å²) in [4.78, 5) is 38.5. The van der Waals surface area contributed by atoms with Gasteiger partial charge in [0.1, 0.15) is 0 Å². The zero-order valence-corrected chi connectivity index (χ0v) is 13.9. The smallest absolute Gasteiger partial charge is 0.262 e. The van der Waals surface area contributed by atoms with Gasteiger partial charge in [0.05, 0.1) is 23.6 Å². The number of amides is 3. The first-order valence-corrected chi connectivity index (χ1v) is 8.30. The predicted octanol–water partition coefficient (Wildman–Crippen LogP) is 3.05. The van der Waals surface area contributed by atoms with Crippen molar-refractivity contribution in [2.45, 2.75) is 12.5 Å². The molecule has 1 unspecified atom stereocenters. The van der Waals surface area contributed by atoms with E-state index in [2.05, 4.69) is 0 Å². The SMILES string of the molecule is NC(=O)CC(c1ccc2ccccc2c1)N1C(=O)c2ccccc2C1=O. The van der Waals surface area contributed by atoms with E-state index in [0.29, 0.717) is 16.7 Å². The average Bonchev–Trinajstić information content (AvgIpc) is 2.90. The molecular formula is C21H16N2O3. The molecule has 0 saturated carbocycles. The quantitative estimate of drug-likeness (QED) is 0.739. The minimum absolute atomic E-state index is 0.121. The topological polar surface area (TPSA) is 80.5 Å². The molecule has 128 valence electrons. The molecule has 0 aliphatic carbocycles. The van der Waals surface area contributed by atoms with Gasteiger partial charge >= 0.3 is 0 Å². The third kappa shape index (κ3) is 2.54. The molecule has 1 aliphatic heterocycles. The maximum Gasteiger partial charge on any atom is 0.262 e. The summed E-state index contributed by atoms with van der Waals surface area (Å²) in [5, 5.41) is 2.01. The Hall–Kier alpha value is -3.47. The Balaban J connectivity index is 1.81. The van der Waals surface area contributed by atoms with Crippen molar-refractivity contribution in [3.05, 3.63) is 83.4 Å². The molecule has 26 heavy (non-hydrogen) atoms. The molecule has 3 amide bonds. The van der Waals surface area contributed by atoms with E-state index >= 15 is 0 Å². The molecule has 0 aromatic heterocycles. The summed E-state index contributed by atoms with van der Waals surface area (Å²) in [6.45, 7) is 0. The van der Waals surface area contributed by atoms with E-state index < -0.39 is 23.8 Å². The van der Waals surface area contributed by atoms with Crippen molar-refractivity contribution in [1.82, 2.24) is 4.90 Å². The van der Waals surface area contributed by atoms with Gasteiger partial charge in [-0.3, -0.25) is 19.3 Å². The molecule has 2 N–H and O–H groups in total. The number of rotatable bonds is 4. The van der Waals surface area contributed by atoms with Crippen LogP contribution >= 0.6 is 0 Å². The average molecular weight is 344 g/mol. The minimum atomic E-state index is -0.732. The Morgan fingerprint density at radius 2 is 1.42 bits per heavy atom. The number of hydrogen-bond acceptors (Lipinski definition) is 3. The van der Waals surface area contributed by atoms with Gasteiger partial charge in [0.2, 0.25) is 5.91 Å². The van der Waals surface area contributed by atoms with Crippen molar-refractivity contribution in [2.24, 2.45) is 5.73 Å². The van der Waals surface area contributed by atoms with E-state index in [4.69, 9.17) is 5.73 Å². The highest BCUT2D eigenvalue weighted by Gasteiger charge is 2.40. The summed E-state index contributed by atoms with van der Waals surface area (Å²) in [6, 6.07) is 19.4.